The van der Waals surface area contributed by atoms with Gasteiger partial charge in [0.05, 0.1) is 19.3 Å². The minimum Gasteiger partial charge on any atom is -0.374 e. The quantitative estimate of drug-likeness (QED) is 0.749. The molecular weight excluding hydrogens is 330 g/mol. The molecule has 4 rings (SSSR count). The average Bonchev–Trinajstić information content (AvgIpc) is 2.96. The first-order valence-electron chi connectivity index (χ1n) is 7.44. The van der Waals surface area contributed by atoms with Gasteiger partial charge in [0, 0.05) is 17.3 Å². The van der Waals surface area contributed by atoms with Crippen molar-refractivity contribution in [2.24, 2.45) is 0 Å². The Balaban J connectivity index is 1.48. The highest BCUT2D eigenvalue weighted by atomic mass is 35.5. The van der Waals surface area contributed by atoms with E-state index in [0.717, 1.165) is 11.1 Å². The van der Waals surface area contributed by atoms with Crippen LogP contribution in [0.4, 0.5) is 10.7 Å². The molecule has 3 aromatic rings. The van der Waals surface area contributed by atoms with E-state index >= 15 is 0 Å². The number of aromatic nitrogens is 3. The fourth-order valence-electron chi connectivity index (χ4n) is 2.71. The number of nitrogens with zero attached hydrogens (tertiary/aromatic N) is 3. The Morgan fingerprint density at radius 3 is 3.12 bits per heavy atom. The first-order chi connectivity index (χ1) is 11.7. The summed E-state index contributed by atoms with van der Waals surface area (Å²) in [6.07, 6.45) is 1.68. The maximum absolute atomic E-state index is 12.2. The Bertz CT molecular complexity index is 910. The second-order valence-corrected chi connectivity index (χ2v) is 5.88. The van der Waals surface area contributed by atoms with Gasteiger partial charge in [-0.15, -0.1) is 5.10 Å². The minimum atomic E-state index is -0.387. The molecule has 0 aliphatic carbocycles. The van der Waals surface area contributed by atoms with Gasteiger partial charge in [0.15, 0.2) is 5.65 Å². The molecule has 8 heteroatoms. The number of rotatable bonds is 2. The van der Waals surface area contributed by atoms with Gasteiger partial charge in [-0.3, -0.25) is 5.32 Å². The number of carbonyl (C=O) groups excluding carboxylic acids is 1. The molecule has 3 heterocycles. The lowest BCUT2D eigenvalue weighted by Crippen LogP contribution is -2.37. The van der Waals surface area contributed by atoms with Crippen molar-refractivity contribution in [3.63, 3.8) is 0 Å². The summed E-state index contributed by atoms with van der Waals surface area (Å²) in [6, 6.07) is 10.7. The molecule has 1 aromatic carbocycles. The zero-order chi connectivity index (χ0) is 16.5. The Labute approximate surface area is 142 Å². The van der Waals surface area contributed by atoms with Crippen LogP contribution in [-0.2, 0) is 11.3 Å². The number of fused-ring (bicyclic) bond motifs is 2. The lowest BCUT2D eigenvalue weighted by Gasteiger charge is -2.26. The third kappa shape index (κ3) is 2.91. The number of ether oxygens (including phenoxy) is 1. The fourth-order valence-corrected chi connectivity index (χ4v) is 2.86. The van der Waals surface area contributed by atoms with Crippen LogP contribution in [-0.4, -0.2) is 27.2 Å². The first kappa shape index (κ1) is 14.9. The van der Waals surface area contributed by atoms with Crippen molar-refractivity contribution in [3.05, 3.63) is 58.7 Å². The molecule has 0 saturated heterocycles. The molecule has 2 aromatic heterocycles. The van der Waals surface area contributed by atoms with E-state index in [1.165, 1.54) is 0 Å². The maximum atomic E-state index is 12.2. The molecule has 0 bridgehead atoms. The van der Waals surface area contributed by atoms with Crippen LogP contribution in [0.1, 0.15) is 17.2 Å². The predicted octanol–water partition coefficient (Wildman–Crippen LogP) is 2.78. The van der Waals surface area contributed by atoms with Crippen LogP contribution in [0, 0.1) is 0 Å². The molecule has 2 N–H and O–H groups in total. The largest absolute Gasteiger partial charge is 0.374 e. The van der Waals surface area contributed by atoms with E-state index in [-0.39, 0.29) is 18.0 Å². The van der Waals surface area contributed by atoms with Gasteiger partial charge in [-0.25, -0.2) is 9.31 Å². The molecule has 1 aliphatic heterocycles. The van der Waals surface area contributed by atoms with Crippen molar-refractivity contribution in [1.29, 1.82) is 0 Å². The second-order valence-electron chi connectivity index (χ2n) is 5.45. The van der Waals surface area contributed by atoms with Crippen LogP contribution in [0.5, 0.6) is 0 Å². The molecule has 0 spiro atoms. The monoisotopic (exact) mass is 343 g/mol. The van der Waals surface area contributed by atoms with Gasteiger partial charge < -0.3 is 10.1 Å². The van der Waals surface area contributed by atoms with Gasteiger partial charge in [-0.1, -0.05) is 35.9 Å². The van der Waals surface area contributed by atoms with Gasteiger partial charge >= 0.3 is 6.03 Å². The topological polar surface area (TPSA) is 80.6 Å². The zero-order valence-electron chi connectivity index (χ0n) is 12.6. The number of hydrogen-bond acceptors (Lipinski definition) is 4. The summed E-state index contributed by atoms with van der Waals surface area (Å²) >= 11 is 5.92. The summed E-state index contributed by atoms with van der Waals surface area (Å²) in [5.41, 5.74) is 2.70. The fraction of sp³-hybridized carbons (Fsp3) is 0.188. The second kappa shape index (κ2) is 6.10. The smallest absolute Gasteiger partial charge is 0.322 e. The SMILES string of the molecule is O=C(Nc1nc2cc(Cl)ccn2n1)NC1COCc2ccccc21. The number of pyridine rings is 1. The van der Waals surface area contributed by atoms with Crippen molar-refractivity contribution >= 4 is 29.2 Å². The molecule has 0 saturated carbocycles. The van der Waals surface area contributed by atoms with Crippen LogP contribution < -0.4 is 10.6 Å². The van der Waals surface area contributed by atoms with Crippen LogP contribution in [0.2, 0.25) is 5.02 Å². The summed E-state index contributed by atoms with van der Waals surface area (Å²) in [7, 11) is 0. The lowest BCUT2D eigenvalue weighted by molar-refractivity contribution is 0.0850. The van der Waals surface area contributed by atoms with Crippen LogP contribution in [0.15, 0.2) is 42.6 Å². The van der Waals surface area contributed by atoms with Crippen LogP contribution >= 0.6 is 11.6 Å². The molecule has 24 heavy (non-hydrogen) atoms. The van der Waals surface area contributed by atoms with Gasteiger partial charge in [0.2, 0.25) is 0 Å². The van der Waals surface area contributed by atoms with Gasteiger partial charge in [-0.2, -0.15) is 4.98 Å². The average molecular weight is 344 g/mol. The van der Waals surface area contributed by atoms with E-state index in [1.807, 2.05) is 24.3 Å². The molecule has 1 atom stereocenters. The van der Waals surface area contributed by atoms with E-state index in [0.29, 0.717) is 23.9 Å². The number of halogens is 1. The molecule has 1 aliphatic rings. The third-order valence-corrected chi connectivity index (χ3v) is 4.04. The normalized spacial score (nSPS) is 16.6. The van der Waals surface area contributed by atoms with Gasteiger partial charge in [0.1, 0.15) is 0 Å². The lowest BCUT2D eigenvalue weighted by atomic mass is 9.99. The Hall–Kier alpha value is -2.64. The van der Waals surface area contributed by atoms with Crippen molar-refractivity contribution < 1.29 is 9.53 Å². The van der Waals surface area contributed by atoms with E-state index in [4.69, 9.17) is 16.3 Å². The van der Waals surface area contributed by atoms with Crippen molar-refractivity contribution in [3.8, 4) is 0 Å². The molecule has 7 nitrogen and oxygen atoms in total. The summed E-state index contributed by atoms with van der Waals surface area (Å²) in [6.45, 7) is 0.989. The minimum absolute atomic E-state index is 0.207. The van der Waals surface area contributed by atoms with E-state index in [1.54, 1.807) is 22.8 Å². The van der Waals surface area contributed by atoms with E-state index in [9.17, 15) is 4.79 Å². The molecule has 2 amide bonds. The van der Waals surface area contributed by atoms with Crippen LogP contribution in [0.25, 0.3) is 5.65 Å². The van der Waals surface area contributed by atoms with Crippen molar-refractivity contribution in [2.75, 3.05) is 11.9 Å². The van der Waals surface area contributed by atoms with Crippen LogP contribution in [0.3, 0.4) is 0 Å². The van der Waals surface area contributed by atoms with E-state index < -0.39 is 0 Å². The number of anilines is 1. The Morgan fingerprint density at radius 1 is 1.33 bits per heavy atom. The van der Waals surface area contributed by atoms with Crippen molar-refractivity contribution in [1.82, 2.24) is 19.9 Å². The number of urea groups is 1. The molecular formula is C16H14ClN5O2. The van der Waals surface area contributed by atoms with Crippen molar-refractivity contribution in [2.45, 2.75) is 12.6 Å². The maximum Gasteiger partial charge on any atom is 0.322 e. The highest BCUT2D eigenvalue weighted by Gasteiger charge is 2.22. The number of carbonyl (C=O) groups is 1. The predicted molar refractivity (Wildman–Crippen MR) is 89.0 cm³/mol. The molecule has 1 unspecified atom stereocenters. The first-order valence-corrected chi connectivity index (χ1v) is 7.82. The summed E-state index contributed by atoms with van der Waals surface area (Å²) < 4.78 is 7.07. The Kier molecular flexibility index (Phi) is 3.79. The zero-order valence-corrected chi connectivity index (χ0v) is 13.3. The third-order valence-electron chi connectivity index (χ3n) is 3.80. The highest BCUT2D eigenvalue weighted by Crippen LogP contribution is 2.24. The number of amides is 2. The summed E-state index contributed by atoms with van der Waals surface area (Å²) in [5.74, 6) is 0.208. The molecule has 0 fully saturated rings. The van der Waals surface area contributed by atoms with Gasteiger partial charge in [0.25, 0.3) is 5.95 Å². The molecule has 0 radical (unpaired) electrons. The number of nitrogens with one attached hydrogen (secondary N) is 2. The number of benzene rings is 1. The number of hydrogen-bond donors (Lipinski definition) is 2. The highest BCUT2D eigenvalue weighted by molar-refractivity contribution is 6.30. The molecule has 122 valence electrons. The van der Waals surface area contributed by atoms with E-state index in [2.05, 4.69) is 20.7 Å². The van der Waals surface area contributed by atoms with Gasteiger partial charge in [-0.05, 0) is 17.2 Å². The summed E-state index contributed by atoms with van der Waals surface area (Å²) in [4.78, 5) is 16.5. The standard InChI is InChI=1S/C16H14ClN5O2/c17-11-5-6-22-14(7-11)19-15(21-22)20-16(23)18-13-9-24-8-10-3-1-2-4-12(10)13/h1-7,13H,8-9H2,(H2,18,20,21,23). The summed E-state index contributed by atoms with van der Waals surface area (Å²) in [5, 5.41) is 10.3. The Morgan fingerprint density at radius 2 is 2.21 bits per heavy atom.